The molecule has 0 saturated heterocycles. The first kappa shape index (κ1) is 21.8. The SMILES string of the molecule is COc1ccc([C@@H](CC(C)C)NC(=O)c2cccc(NS(C)(=O)=O)c2C)cc1. The van der Waals surface area contributed by atoms with E-state index in [0.29, 0.717) is 22.7 Å². The second-order valence-electron chi connectivity index (χ2n) is 7.28. The Morgan fingerprint density at radius 1 is 1.11 bits per heavy atom. The summed E-state index contributed by atoms with van der Waals surface area (Å²) in [6.45, 7) is 5.93. The number of carbonyl (C=O) groups excluding carboxylic acids is 1. The van der Waals surface area contributed by atoms with Gasteiger partial charge in [-0.05, 0) is 54.7 Å². The molecule has 0 heterocycles. The Hall–Kier alpha value is -2.54. The van der Waals surface area contributed by atoms with Crippen LogP contribution in [-0.2, 0) is 10.0 Å². The van der Waals surface area contributed by atoms with Crippen LogP contribution >= 0.6 is 0 Å². The number of ether oxygens (including phenoxy) is 1. The molecule has 0 unspecified atom stereocenters. The lowest BCUT2D eigenvalue weighted by Gasteiger charge is -2.22. The Morgan fingerprint density at radius 3 is 2.29 bits per heavy atom. The van der Waals surface area contributed by atoms with Gasteiger partial charge in [-0.1, -0.05) is 32.0 Å². The van der Waals surface area contributed by atoms with Gasteiger partial charge < -0.3 is 10.1 Å². The van der Waals surface area contributed by atoms with Gasteiger partial charge in [-0.15, -0.1) is 0 Å². The summed E-state index contributed by atoms with van der Waals surface area (Å²) in [5, 5.41) is 3.09. The number of hydrogen-bond acceptors (Lipinski definition) is 4. The molecule has 1 amide bonds. The summed E-state index contributed by atoms with van der Waals surface area (Å²) < 4.78 is 30.8. The molecule has 6 nitrogen and oxygen atoms in total. The van der Waals surface area contributed by atoms with Gasteiger partial charge in [-0.25, -0.2) is 8.42 Å². The molecule has 2 N–H and O–H groups in total. The predicted octanol–water partition coefficient (Wildman–Crippen LogP) is 3.89. The van der Waals surface area contributed by atoms with Crippen molar-refractivity contribution in [2.24, 2.45) is 5.92 Å². The summed E-state index contributed by atoms with van der Waals surface area (Å²) in [6.07, 6.45) is 1.86. The second kappa shape index (κ2) is 9.10. The van der Waals surface area contributed by atoms with E-state index in [-0.39, 0.29) is 11.9 Å². The van der Waals surface area contributed by atoms with Crippen molar-refractivity contribution >= 4 is 21.6 Å². The van der Waals surface area contributed by atoms with E-state index in [2.05, 4.69) is 23.9 Å². The van der Waals surface area contributed by atoms with Crippen LogP contribution in [0.25, 0.3) is 0 Å². The molecule has 0 aliphatic heterocycles. The van der Waals surface area contributed by atoms with Crippen molar-refractivity contribution in [1.82, 2.24) is 5.32 Å². The lowest BCUT2D eigenvalue weighted by atomic mass is 9.96. The number of amides is 1. The Labute approximate surface area is 167 Å². The third-order valence-electron chi connectivity index (χ3n) is 4.40. The van der Waals surface area contributed by atoms with Crippen LogP contribution in [0.15, 0.2) is 42.5 Å². The zero-order valence-corrected chi connectivity index (χ0v) is 17.8. The minimum Gasteiger partial charge on any atom is -0.497 e. The van der Waals surface area contributed by atoms with Crippen molar-refractivity contribution in [2.75, 3.05) is 18.1 Å². The van der Waals surface area contributed by atoms with Crippen molar-refractivity contribution in [3.05, 3.63) is 59.2 Å². The van der Waals surface area contributed by atoms with Crippen LogP contribution in [0.1, 0.15) is 47.8 Å². The molecular formula is C21H28N2O4S. The second-order valence-corrected chi connectivity index (χ2v) is 9.03. The van der Waals surface area contributed by atoms with E-state index in [1.165, 1.54) is 0 Å². The normalized spacial score (nSPS) is 12.5. The maximum Gasteiger partial charge on any atom is 0.252 e. The highest BCUT2D eigenvalue weighted by Gasteiger charge is 2.20. The van der Waals surface area contributed by atoms with Crippen molar-refractivity contribution in [3.8, 4) is 5.75 Å². The predicted molar refractivity (Wildman–Crippen MR) is 112 cm³/mol. The van der Waals surface area contributed by atoms with Crippen LogP contribution in [-0.4, -0.2) is 27.7 Å². The smallest absolute Gasteiger partial charge is 0.252 e. The molecule has 7 heteroatoms. The van der Waals surface area contributed by atoms with Crippen molar-refractivity contribution < 1.29 is 17.9 Å². The zero-order chi connectivity index (χ0) is 20.9. The van der Waals surface area contributed by atoms with E-state index in [9.17, 15) is 13.2 Å². The van der Waals surface area contributed by atoms with Crippen LogP contribution in [0, 0.1) is 12.8 Å². The third kappa shape index (κ3) is 5.99. The average molecular weight is 405 g/mol. The van der Waals surface area contributed by atoms with E-state index >= 15 is 0 Å². The Bertz CT molecular complexity index is 922. The number of nitrogens with one attached hydrogen (secondary N) is 2. The molecule has 0 aliphatic carbocycles. The van der Waals surface area contributed by atoms with Crippen molar-refractivity contribution in [3.63, 3.8) is 0 Å². The van der Waals surface area contributed by atoms with Crippen LogP contribution < -0.4 is 14.8 Å². The number of rotatable bonds is 8. The first-order chi connectivity index (χ1) is 13.1. The molecule has 0 radical (unpaired) electrons. The summed E-state index contributed by atoms with van der Waals surface area (Å²) in [5.41, 5.74) is 2.42. The molecule has 2 aromatic carbocycles. The molecule has 1 atom stereocenters. The van der Waals surface area contributed by atoms with Gasteiger partial charge >= 0.3 is 0 Å². The van der Waals surface area contributed by atoms with E-state index in [4.69, 9.17) is 4.74 Å². The van der Waals surface area contributed by atoms with Gasteiger partial charge in [0.25, 0.3) is 5.91 Å². The molecule has 28 heavy (non-hydrogen) atoms. The quantitative estimate of drug-likeness (QED) is 0.699. The number of methoxy groups -OCH3 is 1. The van der Waals surface area contributed by atoms with Gasteiger partial charge in [0.15, 0.2) is 0 Å². The standard InChI is InChI=1S/C21H28N2O4S/c1-14(2)13-20(16-9-11-17(27-4)12-10-16)22-21(24)18-7-6-8-19(15(18)3)23-28(5,25)26/h6-12,14,20,23H,13H2,1-5H3,(H,22,24)/t20-/m1/s1. The summed E-state index contributed by atoms with van der Waals surface area (Å²) in [4.78, 5) is 13.0. The monoisotopic (exact) mass is 404 g/mol. The highest BCUT2D eigenvalue weighted by Crippen LogP contribution is 2.25. The maximum absolute atomic E-state index is 13.0. The van der Waals surface area contributed by atoms with Crippen molar-refractivity contribution in [2.45, 2.75) is 33.2 Å². The highest BCUT2D eigenvalue weighted by atomic mass is 32.2. The molecule has 152 valence electrons. The summed E-state index contributed by atoms with van der Waals surface area (Å²) in [5.74, 6) is 0.900. The fraction of sp³-hybridized carbons (Fsp3) is 0.381. The van der Waals surface area contributed by atoms with Gasteiger partial charge in [0.2, 0.25) is 10.0 Å². The summed E-state index contributed by atoms with van der Waals surface area (Å²) in [7, 11) is -1.81. The van der Waals surface area contributed by atoms with E-state index in [1.807, 2.05) is 24.3 Å². The highest BCUT2D eigenvalue weighted by molar-refractivity contribution is 7.92. The third-order valence-corrected chi connectivity index (χ3v) is 5.00. The number of anilines is 1. The fourth-order valence-electron chi connectivity index (χ4n) is 3.01. The van der Waals surface area contributed by atoms with Crippen molar-refractivity contribution in [1.29, 1.82) is 0 Å². The van der Waals surface area contributed by atoms with Crippen LogP contribution in [0.4, 0.5) is 5.69 Å². The fourth-order valence-corrected chi connectivity index (χ4v) is 3.63. The molecule has 0 fully saturated rings. The molecule has 0 aliphatic rings. The number of sulfonamides is 1. The number of hydrogen-bond donors (Lipinski definition) is 2. The van der Waals surface area contributed by atoms with E-state index < -0.39 is 10.0 Å². The van der Waals surface area contributed by atoms with Gasteiger partial charge in [0.1, 0.15) is 5.75 Å². The Morgan fingerprint density at radius 2 is 1.75 bits per heavy atom. The number of carbonyl (C=O) groups is 1. The Kier molecular flexibility index (Phi) is 7.07. The molecule has 0 aromatic heterocycles. The minimum absolute atomic E-state index is 0.163. The van der Waals surface area contributed by atoms with Gasteiger partial charge in [-0.2, -0.15) is 0 Å². The van der Waals surface area contributed by atoms with Crippen LogP contribution in [0.5, 0.6) is 5.75 Å². The maximum atomic E-state index is 13.0. The zero-order valence-electron chi connectivity index (χ0n) is 16.9. The largest absolute Gasteiger partial charge is 0.497 e. The van der Waals surface area contributed by atoms with Gasteiger partial charge in [0.05, 0.1) is 25.1 Å². The summed E-state index contributed by atoms with van der Waals surface area (Å²) in [6, 6.07) is 12.5. The molecule has 0 bridgehead atoms. The van der Waals surface area contributed by atoms with Crippen LogP contribution in [0.3, 0.4) is 0 Å². The first-order valence-corrected chi connectivity index (χ1v) is 11.0. The average Bonchev–Trinajstić information content (AvgIpc) is 2.61. The van der Waals surface area contributed by atoms with Crippen LogP contribution in [0.2, 0.25) is 0 Å². The molecule has 2 rings (SSSR count). The van der Waals surface area contributed by atoms with E-state index in [0.717, 1.165) is 24.0 Å². The van der Waals surface area contributed by atoms with Gasteiger partial charge in [0, 0.05) is 5.56 Å². The molecule has 2 aromatic rings. The topological polar surface area (TPSA) is 84.5 Å². The Balaban J connectivity index is 2.29. The molecule has 0 saturated carbocycles. The lowest BCUT2D eigenvalue weighted by Crippen LogP contribution is -2.30. The molecule has 0 spiro atoms. The summed E-state index contributed by atoms with van der Waals surface area (Å²) >= 11 is 0. The van der Waals surface area contributed by atoms with Gasteiger partial charge in [-0.3, -0.25) is 9.52 Å². The first-order valence-electron chi connectivity index (χ1n) is 9.13. The molecular weight excluding hydrogens is 376 g/mol. The lowest BCUT2D eigenvalue weighted by molar-refractivity contribution is 0.0931. The minimum atomic E-state index is -3.42. The number of benzene rings is 2. The van der Waals surface area contributed by atoms with E-state index in [1.54, 1.807) is 32.2 Å².